The number of hydrogen-bond acceptors (Lipinski definition) is 3. The fourth-order valence-corrected chi connectivity index (χ4v) is 4.90. The summed E-state index contributed by atoms with van der Waals surface area (Å²) in [6, 6.07) is 15.0. The van der Waals surface area contributed by atoms with E-state index in [-0.39, 0.29) is 23.6 Å². The van der Waals surface area contributed by atoms with Gasteiger partial charge in [-0.1, -0.05) is 72.4 Å². The predicted molar refractivity (Wildman–Crippen MR) is 129 cm³/mol. The van der Waals surface area contributed by atoms with Gasteiger partial charge in [-0.15, -0.1) is 11.8 Å². The Morgan fingerprint density at radius 3 is 2.45 bits per heavy atom. The topological polar surface area (TPSA) is 49.4 Å². The molecule has 1 N–H and O–H groups in total. The number of amides is 2. The first-order valence-electron chi connectivity index (χ1n) is 10.6. The molecule has 0 aromatic heterocycles. The lowest BCUT2D eigenvalue weighted by Gasteiger charge is -2.29. The summed E-state index contributed by atoms with van der Waals surface area (Å²) in [6.07, 6.45) is 4.34. The van der Waals surface area contributed by atoms with E-state index in [2.05, 4.69) is 5.32 Å². The summed E-state index contributed by atoms with van der Waals surface area (Å²) in [5.41, 5.74) is 2.01. The van der Waals surface area contributed by atoms with Crippen LogP contribution in [0.15, 0.2) is 48.5 Å². The first-order valence-corrected chi connectivity index (χ1v) is 12.5. The SMILES string of the molecule is C[C@H](C(=O)NC1CCCC1)N(Cc1ccccc1)C(=O)CSCc1ccc(Cl)c(Cl)c1. The second kappa shape index (κ2) is 11.8. The number of thioether (sulfide) groups is 1. The summed E-state index contributed by atoms with van der Waals surface area (Å²) in [6.45, 7) is 2.22. The maximum atomic E-state index is 13.1. The van der Waals surface area contributed by atoms with Crippen molar-refractivity contribution in [1.82, 2.24) is 10.2 Å². The molecule has 2 amide bonds. The molecule has 2 aromatic rings. The van der Waals surface area contributed by atoms with Crippen LogP contribution < -0.4 is 5.32 Å². The molecule has 0 radical (unpaired) electrons. The number of carbonyl (C=O) groups is 2. The van der Waals surface area contributed by atoms with Gasteiger partial charge in [0.05, 0.1) is 15.8 Å². The Bertz CT molecular complexity index is 888. The molecule has 0 aliphatic heterocycles. The Kier molecular flexibility index (Phi) is 9.12. The van der Waals surface area contributed by atoms with E-state index in [0.29, 0.717) is 22.3 Å². The minimum Gasteiger partial charge on any atom is -0.352 e. The van der Waals surface area contributed by atoms with E-state index in [1.807, 2.05) is 49.4 Å². The third-order valence-electron chi connectivity index (χ3n) is 5.54. The van der Waals surface area contributed by atoms with Gasteiger partial charge in [0.1, 0.15) is 6.04 Å². The van der Waals surface area contributed by atoms with Gasteiger partial charge in [-0.3, -0.25) is 9.59 Å². The molecule has 4 nitrogen and oxygen atoms in total. The van der Waals surface area contributed by atoms with E-state index < -0.39 is 6.04 Å². The second-order valence-electron chi connectivity index (χ2n) is 7.91. The van der Waals surface area contributed by atoms with Crippen LogP contribution >= 0.6 is 35.0 Å². The quantitative estimate of drug-likeness (QED) is 0.502. The van der Waals surface area contributed by atoms with Crippen molar-refractivity contribution in [1.29, 1.82) is 0 Å². The molecule has 2 aromatic carbocycles. The molecule has 0 spiro atoms. The van der Waals surface area contributed by atoms with E-state index in [1.54, 1.807) is 11.0 Å². The molecule has 31 heavy (non-hydrogen) atoms. The van der Waals surface area contributed by atoms with E-state index in [4.69, 9.17) is 23.2 Å². The molecule has 1 aliphatic rings. The number of nitrogens with one attached hydrogen (secondary N) is 1. The fourth-order valence-electron chi connectivity index (χ4n) is 3.72. The highest BCUT2D eigenvalue weighted by molar-refractivity contribution is 7.99. The van der Waals surface area contributed by atoms with Gasteiger partial charge in [0.2, 0.25) is 11.8 Å². The largest absolute Gasteiger partial charge is 0.352 e. The molecular weight excluding hydrogens is 451 g/mol. The number of carbonyl (C=O) groups excluding carboxylic acids is 2. The number of benzene rings is 2. The zero-order chi connectivity index (χ0) is 22.2. The first-order chi connectivity index (χ1) is 14.9. The molecule has 3 rings (SSSR count). The zero-order valence-corrected chi connectivity index (χ0v) is 20.0. The molecular formula is C24H28Cl2N2O2S. The molecule has 0 heterocycles. The zero-order valence-electron chi connectivity index (χ0n) is 17.7. The monoisotopic (exact) mass is 478 g/mol. The van der Waals surface area contributed by atoms with Crippen molar-refractivity contribution >= 4 is 46.8 Å². The van der Waals surface area contributed by atoms with E-state index in [9.17, 15) is 9.59 Å². The van der Waals surface area contributed by atoms with Crippen LogP contribution in [0.4, 0.5) is 0 Å². The summed E-state index contributed by atoms with van der Waals surface area (Å²) in [7, 11) is 0. The van der Waals surface area contributed by atoms with Gasteiger partial charge in [-0.25, -0.2) is 0 Å². The average molecular weight is 479 g/mol. The van der Waals surface area contributed by atoms with Crippen molar-refractivity contribution < 1.29 is 9.59 Å². The van der Waals surface area contributed by atoms with Crippen LogP contribution in [0.2, 0.25) is 10.0 Å². The van der Waals surface area contributed by atoms with E-state index in [1.165, 1.54) is 11.8 Å². The van der Waals surface area contributed by atoms with Crippen molar-refractivity contribution in [3.63, 3.8) is 0 Å². The number of nitrogens with zero attached hydrogens (tertiary/aromatic N) is 1. The van der Waals surface area contributed by atoms with E-state index >= 15 is 0 Å². The molecule has 7 heteroatoms. The molecule has 0 saturated heterocycles. The Hall–Kier alpha value is -1.69. The lowest BCUT2D eigenvalue weighted by atomic mass is 10.1. The van der Waals surface area contributed by atoms with Crippen LogP contribution in [-0.4, -0.2) is 34.6 Å². The summed E-state index contributed by atoms with van der Waals surface area (Å²) < 4.78 is 0. The van der Waals surface area contributed by atoms with Crippen LogP contribution in [0.25, 0.3) is 0 Å². The molecule has 0 bridgehead atoms. The molecule has 1 fully saturated rings. The Morgan fingerprint density at radius 2 is 1.77 bits per heavy atom. The number of halogens is 2. The highest BCUT2D eigenvalue weighted by Crippen LogP contribution is 2.25. The molecule has 1 aliphatic carbocycles. The highest BCUT2D eigenvalue weighted by atomic mass is 35.5. The highest BCUT2D eigenvalue weighted by Gasteiger charge is 2.28. The molecule has 0 unspecified atom stereocenters. The normalized spacial score (nSPS) is 14.9. The smallest absolute Gasteiger partial charge is 0.242 e. The van der Waals surface area contributed by atoms with Crippen LogP contribution in [0, 0.1) is 0 Å². The standard InChI is InChI=1S/C24H28Cl2N2O2S/c1-17(24(30)27-20-9-5-6-10-20)28(14-18-7-3-2-4-8-18)23(29)16-31-15-19-11-12-21(25)22(26)13-19/h2-4,7-8,11-13,17,20H,5-6,9-10,14-16H2,1H3,(H,27,30)/t17-/m1/s1. The summed E-state index contributed by atoms with van der Waals surface area (Å²) in [5.74, 6) is 0.798. The second-order valence-corrected chi connectivity index (χ2v) is 9.71. The summed E-state index contributed by atoms with van der Waals surface area (Å²) in [5, 5.41) is 4.15. The van der Waals surface area contributed by atoms with Gasteiger partial charge >= 0.3 is 0 Å². The fraction of sp³-hybridized carbons (Fsp3) is 0.417. The third kappa shape index (κ3) is 7.16. The van der Waals surface area contributed by atoms with Crippen molar-refractivity contribution in [3.8, 4) is 0 Å². The van der Waals surface area contributed by atoms with Gasteiger partial charge in [0, 0.05) is 18.3 Å². The van der Waals surface area contributed by atoms with Gasteiger partial charge in [0.15, 0.2) is 0 Å². The molecule has 1 saturated carbocycles. The number of rotatable bonds is 9. The van der Waals surface area contributed by atoms with Gasteiger partial charge in [0.25, 0.3) is 0 Å². The number of hydrogen-bond donors (Lipinski definition) is 1. The van der Waals surface area contributed by atoms with Crippen molar-refractivity contribution in [2.24, 2.45) is 0 Å². The molecule has 1 atom stereocenters. The summed E-state index contributed by atoms with van der Waals surface area (Å²) >= 11 is 13.6. The van der Waals surface area contributed by atoms with Crippen LogP contribution in [0.1, 0.15) is 43.7 Å². The van der Waals surface area contributed by atoms with Crippen molar-refractivity contribution in [2.75, 3.05) is 5.75 Å². The van der Waals surface area contributed by atoms with Crippen LogP contribution in [-0.2, 0) is 21.9 Å². The van der Waals surface area contributed by atoms with Crippen molar-refractivity contribution in [2.45, 2.75) is 57.0 Å². The third-order valence-corrected chi connectivity index (χ3v) is 7.27. The van der Waals surface area contributed by atoms with Crippen LogP contribution in [0.5, 0.6) is 0 Å². The summed E-state index contributed by atoms with van der Waals surface area (Å²) in [4.78, 5) is 27.7. The van der Waals surface area contributed by atoms with Crippen LogP contribution in [0.3, 0.4) is 0 Å². The van der Waals surface area contributed by atoms with Gasteiger partial charge < -0.3 is 10.2 Å². The minimum absolute atomic E-state index is 0.0528. The minimum atomic E-state index is -0.529. The Morgan fingerprint density at radius 1 is 1.06 bits per heavy atom. The molecule has 166 valence electrons. The maximum absolute atomic E-state index is 13.1. The van der Waals surface area contributed by atoms with Gasteiger partial charge in [-0.2, -0.15) is 0 Å². The Balaban J connectivity index is 1.63. The van der Waals surface area contributed by atoms with Crippen molar-refractivity contribution in [3.05, 3.63) is 69.7 Å². The maximum Gasteiger partial charge on any atom is 0.242 e. The lowest BCUT2D eigenvalue weighted by Crippen LogP contribution is -2.50. The average Bonchev–Trinajstić information content (AvgIpc) is 3.27. The first kappa shape index (κ1) is 24.0. The predicted octanol–water partition coefficient (Wildman–Crippen LogP) is 5.70. The Labute approximate surface area is 198 Å². The van der Waals surface area contributed by atoms with Gasteiger partial charge in [-0.05, 0) is 43.0 Å². The lowest BCUT2D eigenvalue weighted by molar-refractivity contribution is -0.138. The van der Waals surface area contributed by atoms with E-state index in [0.717, 1.165) is 36.8 Å².